The summed E-state index contributed by atoms with van der Waals surface area (Å²) in [5.74, 6) is -0.0368. The standard InChI is InChI=1S/C17H20N2O.ClH/c1-14(16-10-6-3-7-11-16)19(17(20)12-18)13-15-8-4-2-5-9-15;/h2-11,14H,12-13,18H2,1H3;1H/t14-;/m0./s1. The van der Waals surface area contributed by atoms with E-state index in [-0.39, 0.29) is 30.9 Å². The van der Waals surface area contributed by atoms with Gasteiger partial charge in [-0.1, -0.05) is 60.7 Å². The number of hydrogen-bond donors (Lipinski definition) is 1. The third-order valence-electron chi connectivity index (χ3n) is 3.44. The lowest BCUT2D eigenvalue weighted by atomic mass is 10.1. The van der Waals surface area contributed by atoms with Crippen LogP contribution in [0.25, 0.3) is 0 Å². The van der Waals surface area contributed by atoms with Crippen molar-refractivity contribution in [2.45, 2.75) is 19.5 Å². The molecule has 0 unspecified atom stereocenters. The normalized spacial score (nSPS) is 11.3. The number of amides is 1. The summed E-state index contributed by atoms with van der Waals surface area (Å²) in [5, 5.41) is 0. The molecule has 0 radical (unpaired) electrons. The molecule has 2 rings (SSSR count). The van der Waals surface area contributed by atoms with Gasteiger partial charge in [-0.2, -0.15) is 0 Å². The maximum atomic E-state index is 12.1. The third-order valence-corrected chi connectivity index (χ3v) is 3.44. The van der Waals surface area contributed by atoms with E-state index in [4.69, 9.17) is 5.73 Å². The number of hydrogen-bond acceptors (Lipinski definition) is 2. The molecule has 112 valence electrons. The fraction of sp³-hybridized carbons (Fsp3) is 0.235. The van der Waals surface area contributed by atoms with Gasteiger partial charge in [-0.05, 0) is 18.1 Å². The number of nitrogens with zero attached hydrogens (tertiary/aromatic N) is 1. The molecule has 0 aliphatic rings. The second-order valence-corrected chi connectivity index (χ2v) is 4.80. The van der Waals surface area contributed by atoms with Crippen molar-refractivity contribution in [2.24, 2.45) is 5.73 Å². The maximum Gasteiger partial charge on any atom is 0.237 e. The predicted octanol–water partition coefficient (Wildman–Crippen LogP) is 3.16. The number of carbonyl (C=O) groups is 1. The van der Waals surface area contributed by atoms with Gasteiger partial charge < -0.3 is 10.6 Å². The molecule has 2 N–H and O–H groups in total. The zero-order chi connectivity index (χ0) is 14.4. The zero-order valence-corrected chi connectivity index (χ0v) is 12.9. The minimum Gasteiger partial charge on any atom is -0.331 e. The molecule has 0 aliphatic heterocycles. The average Bonchev–Trinajstić information content (AvgIpc) is 2.53. The first kappa shape index (κ1) is 17.2. The molecular formula is C17H21ClN2O. The van der Waals surface area contributed by atoms with E-state index in [0.29, 0.717) is 6.54 Å². The molecule has 0 bridgehead atoms. The average molecular weight is 305 g/mol. The van der Waals surface area contributed by atoms with Crippen LogP contribution < -0.4 is 5.73 Å². The molecule has 0 aromatic heterocycles. The Bertz CT molecular complexity index is 545. The SMILES string of the molecule is C[C@@H](c1ccccc1)N(Cc1ccccc1)C(=O)CN.Cl. The predicted molar refractivity (Wildman–Crippen MR) is 88.2 cm³/mol. The summed E-state index contributed by atoms with van der Waals surface area (Å²) in [7, 11) is 0. The van der Waals surface area contributed by atoms with E-state index in [1.54, 1.807) is 0 Å². The summed E-state index contributed by atoms with van der Waals surface area (Å²) < 4.78 is 0. The van der Waals surface area contributed by atoms with Crippen molar-refractivity contribution < 1.29 is 4.79 Å². The van der Waals surface area contributed by atoms with Crippen LogP contribution in [-0.4, -0.2) is 17.4 Å². The topological polar surface area (TPSA) is 46.3 Å². The van der Waals surface area contributed by atoms with Crippen molar-refractivity contribution in [1.82, 2.24) is 4.90 Å². The molecule has 3 nitrogen and oxygen atoms in total. The second-order valence-electron chi connectivity index (χ2n) is 4.80. The van der Waals surface area contributed by atoms with Crippen molar-refractivity contribution in [3.8, 4) is 0 Å². The van der Waals surface area contributed by atoms with Crippen molar-refractivity contribution in [1.29, 1.82) is 0 Å². The van der Waals surface area contributed by atoms with E-state index < -0.39 is 0 Å². The number of carbonyl (C=O) groups excluding carboxylic acids is 1. The van der Waals surface area contributed by atoms with Crippen LogP contribution in [0.1, 0.15) is 24.1 Å². The van der Waals surface area contributed by atoms with Gasteiger partial charge in [-0.25, -0.2) is 0 Å². The van der Waals surface area contributed by atoms with Crippen molar-refractivity contribution in [3.05, 3.63) is 71.8 Å². The Balaban J connectivity index is 0.00000220. The molecule has 0 spiro atoms. The van der Waals surface area contributed by atoms with E-state index in [1.165, 1.54) is 0 Å². The van der Waals surface area contributed by atoms with E-state index in [9.17, 15) is 4.79 Å². The Morgan fingerprint density at radius 1 is 1.05 bits per heavy atom. The van der Waals surface area contributed by atoms with Gasteiger partial charge in [0.05, 0.1) is 12.6 Å². The first-order valence-electron chi connectivity index (χ1n) is 6.80. The van der Waals surface area contributed by atoms with Crippen LogP contribution in [0.2, 0.25) is 0 Å². The van der Waals surface area contributed by atoms with Gasteiger partial charge in [-0.3, -0.25) is 4.79 Å². The van der Waals surface area contributed by atoms with Gasteiger partial charge in [0.1, 0.15) is 0 Å². The molecule has 1 amide bonds. The molecule has 0 fully saturated rings. The van der Waals surface area contributed by atoms with Crippen molar-refractivity contribution >= 4 is 18.3 Å². The van der Waals surface area contributed by atoms with Crippen LogP contribution in [-0.2, 0) is 11.3 Å². The minimum atomic E-state index is -0.0368. The molecule has 0 heterocycles. The summed E-state index contributed by atoms with van der Waals surface area (Å²) in [6.07, 6.45) is 0. The molecule has 0 saturated carbocycles. The first-order chi connectivity index (χ1) is 9.72. The summed E-state index contributed by atoms with van der Waals surface area (Å²) in [6, 6.07) is 20.0. The van der Waals surface area contributed by atoms with Crippen LogP contribution >= 0.6 is 12.4 Å². The Hall–Kier alpha value is -1.84. The Morgan fingerprint density at radius 2 is 1.57 bits per heavy atom. The summed E-state index contributed by atoms with van der Waals surface area (Å²) in [5.41, 5.74) is 7.78. The van der Waals surface area contributed by atoms with Crippen molar-refractivity contribution in [3.63, 3.8) is 0 Å². The van der Waals surface area contributed by atoms with Crippen molar-refractivity contribution in [2.75, 3.05) is 6.54 Å². The highest BCUT2D eigenvalue weighted by atomic mass is 35.5. The van der Waals surface area contributed by atoms with E-state index >= 15 is 0 Å². The Kier molecular flexibility index (Phi) is 6.92. The third kappa shape index (κ3) is 4.59. The summed E-state index contributed by atoms with van der Waals surface area (Å²) in [4.78, 5) is 14.0. The second kappa shape index (κ2) is 8.45. The van der Waals surface area contributed by atoms with E-state index in [1.807, 2.05) is 72.5 Å². The minimum absolute atomic E-state index is 0. The molecule has 2 aromatic carbocycles. The molecule has 1 atom stereocenters. The van der Waals surface area contributed by atoms with Crippen LogP contribution in [0.4, 0.5) is 0 Å². The maximum absolute atomic E-state index is 12.1. The fourth-order valence-corrected chi connectivity index (χ4v) is 2.25. The monoisotopic (exact) mass is 304 g/mol. The van der Waals surface area contributed by atoms with Crippen LogP contribution in [0.15, 0.2) is 60.7 Å². The highest BCUT2D eigenvalue weighted by Crippen LogP contribution is 2.22. The largest absolute Gasteiger partial charge is 0.331 e. The Morgan fingerprint density at radius 3 is 2.10 bits per heavy atom. The molecule has 21 heavy (non-hydrogen) atoms. The highest BCUT2D eigenvalue weighted by molar-refractivity contribution is 5.85. The molecule has 4 heteroatoms. The summed E-state index contributed by atoms with van der Waals surface area (Å²) in [6.45, 7) is 2.64. The number of benzene rings is 2. The Labute approximate surface area is 132 Å². The van der Waals surface area contributed by atoms with Crippen LogP contribution in [0.5, 0.6) is 0 Å². The van der Waals surface area contributed by atoms with E-state index in [0.717, 1.165) is 11.1 Å². The van der Waals surface area contributed by atoms with Gasteiger partial charge in [0.2, 0.25) is 5.91 Å². The van der Waals surface area contributed by atoms with Crippen LogP contribution in [0, 0.1) is 0 Å². The smallest absolute Gasteiger partial charge is 0.237 e. The lowest BCUT2D eigenvalue weighted by Crippen LogP contribution is -2.37. The van der Waals surface area contributed by atoms with Gasteiger partial charge >= 0.3 is 0 Å². The number of rotatable bonds is 5. The van der Waals surface area contributed by atoms with Gasteiger partial charge in [0, 0.05) is 6.54 Å². The van der Waals surface area contributed by atoms with Gasteiger partial charge in [-0.15, -0.1) is 12.4 Å². The quantitative estimate of drug-likeness (QED) is 0.922. The molecule has 0 aliphatic carbocycles. The highest BCUT2D eigenvalue weighted by Gasteiger charge is 2.20. The van der Waals surface area contributed by atoms with Crippen LogP contribution in [0.3, 0.4) is 0 Å². The first-order valence-corrected chi connectivity index (χ1v) is 6.80. The molecule has 2 aromatic rings. The zero-order valence-electron chi connectivity index (χ0n) is 12.1. The van der Waals surface area contributed by atoms with E-state index in [2.05, 4.69) is 0 Å². The van der Waals surface area contributed by atoms with Gasteiger partial charge in [0.15, 0.2) is 0 Å². The number of halogens is 1. The molecular weight excluding hydrogens is 284 g/mol. The number of nitrogens with two attached hydrogens (primary N) is 1. The molecule has 0 saturated heterocycles. The fourth-order valence-electron chi connectivity index (χ4n) is 2.25. The lowest BCUT2D eigenvalue weighted by molar-refractivity contribution is -0.132. The summed E-state index contributed by atoms with van der Waals surface area (Å²) >= 11 is 0. The van der Waals surface area contributed by atoms with Gasteiger partial charge in [0.25, 0.3) is 0 Å². The lowest BCUT2D eigenvalue weighted by Gasteiger charge is -2.29.